The van der Waals surface area contributed by atoms with E-state index in [1.165, 1.54) is 25.7 Å². The van der Waals surface area contributed by atoms with Crippen LogP contribution in [0.25, 0.3) is 0 Å². The van der Waals surface area contributed by atoms with Crippen molar-refractivity contribution in [3.05, 3.63) is 0 Å². The lowest BCUT2D eigenvalue weighted by Crippen LogP contribution is -2.43. The van der Waals surface area contributed by atoms with Crippen molar-refractivity contribution in [2.45, 2.75) is 50.8 Å². The third kappa shape index (κ3) is 2.61. The summed E-state index contributed by atoms with van der Waals surface area (Å²) in [5.41, 5.74) is 0.459. The predicted molar refractivity (Wildman–Crippen MR) is 69.7 cm³/mol. The molecule has 2 nitrogen and oxygen atoms in total. The first-order valence-corrected chi connectivity index (χ1v) is 7.34. The van der Waals surface area contributed by atoms with E-state index in [9.17, 15) is 4.79 Å². The number of halogens is 1. The average Bonchev–Trinajstić information content (AvgIpc) is 2.40. The van der Waals surface area contributed by atoms with E-state index < -0.39 is 0 Å². The smallest absolute Gasteiger partial charge is 0.223 e. The molecule has 0 aromatic heterocycles. The van der Waals surface area contributed by atoms with Crippen LogP contribution in [-0.4, -0.2) is 28.7 Å². The van der Waals surface area contributed by atoms with E-state index in [1.54, 1.807) is 0 Å². The third-order valence-corrected chi connectivity index (χ3v) is 4.56. The van der Waals surface area contributed by atoms with Gasteiger partial charge in [-0.15, -0.1) is 0 Å². The summed E-state index contributed by atoms with van der Waals surface area (Å²) in [4.78, 5) is 14.3. The average molecular weight is 288 g/mol. The van der Waals surface area contributed by atoms with Crippen LogP contribution in [0, 0.1) is 11.3 Å². The van der Waals surface area contributed by atoms with Crippen LogP contribution in [0.1, 0.15) is 46.0 Å². The molecule has 1 aliphatic carbocycles. The molecule has 2 aliphatic rings. The molecule has 2 rings (SSSR count). The van der Waals surface area contributed by atoms with Crippen LogP contribution >= 0.6 is 15.9 Å². The minimum atomic E-state index is 0.344. The van der Waals surface area contributed by atoms with Crippen molar-refractivity contribution in [1.29, 1.82) is 0 Å². The third-order valence-electron chi connectivity index (χ3n) is 3.95. The zero-order valence-electron chi connectivity index (χ0n) is 10.3. The molecule has 1 amide bonds. The number of alkyl halides is 1. The Morgan fingerprint density at radius 2 is 2.19 bits per heavy atom. The summed E-state index contributed by atoms with van der Waals surface area (Å²) in [5, 5.41) is 0. The molecule has 0 spiro atoms. The molecule has 1 saturated heterocycles. The van der Waals surface area contributed by atoms with Gasteiger partial charge in [0.05, 0.1) is 0 Å². The van der Waals surface area contributed by atoms with E-state index >= 15 is 0 Å². The van der Waals surface area contributed by atoms with Gasteiger partial charge in [-0.2, -0.15) is 0 Å². The van der Waals surface area contributed by atoms with E-state index in [0.717, 1.165) is 19.0 Å². The lowest BCUT2D eigenvalue weighted by molar-refractivity contribution is -0.130. The van der Waals surface area contributed by atoms with Gasteiger partial charge >= 0.3 is 0 Å². The minimum Gasteiger partial charge on any atom is -0.341 e. The fourth-order valence-corrected chi connectivity index (χ4v) is 3.88. The van der Waals surface area contributed by atoms with Gasteiger partial charge in [0.15, 0.2) is 0 Å². The summed E-state index contributed by atoms with van der Waals surface area (Å²) < 4.78 is 0. The summed E-state index contributed by atoms with van der Waals surface area (Å²) in [5.74, 6) is 1.09. The van der Waals surface area contributed by atoms with E-state index in [2.05, 4.69) is 34.7 Å². The number of hydrogen-bond acceptors (Lipinski definition) is 1. The van der Waals surface area contributed by atoms with Crippen molar-refractivity contribution in [1.82, 2.24) is 4.90 Å². The van der Waals surface area contributed by atoms with Gasteiger partial charge in [-0.25, -0.2) is 0 Å². The van der Waals surface area contributed by atoms with Crippen molar-refractivity contribution >= 4 is 21.8 Å². The molecule has 0 N–H and O–H groups in total. The van der Waals surface area contributed by atoms with Crippen LogP contribution in [0.2, 0.25) is 0 Å². The normalized spacial score (nSPS) is 28.6. The molecule has 1 saturated carbocycles. The quantitative estimate of drug-likeness (QED) is 0.727. The largest absolute Gasteiger partial charge is 0.341 e. The van der Waals surface area contributed by atoms with Gasteiger partial charge in [0.1, 0.15) is 0 Å². The maximum Gasteiger partial charge on any atom is 0.223 e. The van der Waals surface area contributed by atoms with Gasteiger partial charge in [0.2, 0.25) is 5.91 Å². The molecular weight excluding hydrogens is 266 g/mol. The topological polar surface area (TPSA) is 20.3 Å². The maximum atomic E-state index is 11.8. The van der Waals surface area contributed by atoms with Gasteiger partial charge in [0, 0.05) is 24.3 Å². The van der Waals surface area contributed by atoms with Gasteiger partial charge in [-0.1, -0.05) is 36.2 Å². The Kier molecular flexibility index (Phi) is 3.62. The molecule has 1 unspecified atom stereocenters. The lowest BCUT2D eigenvalue weighted by atomic mass is 9.64. The van der Waals surface area contributed by atoms with Crippen LogP contribution < -0.4 is 0 Å². The molecule has 2 fully saturated rings. The monoisotopic (exact) mass is 287 g/mol. The highest BCUT2D eigenvalue weighted by atomic mass is 79.9. The summed E-state index contributed by atoms with van der Waals surface area (Å²) in [6.45, 7) is 6.50. The van der Waals surface area contributed by atoms with Crippen LogP contribution in [0.5, 0.6) is 0 Å². The number of amides is 1. The molecular formula is C13H22BrNO. The standard InChI is InChI=1S/C13H22BrNO/c1-10(2)7-13(4-3-5-13)9-15-8-11(14)6-12(15)16/h10-11H,3-9H2,1-2H3. The first-order chi connectivity index (χ1) is 7.51. The Bertz CT molecular complexity index is 273. The van der Waals surface area contributed by atoms with Gasteiger partial charge in [0.25, 0.3) is 0 Å². The van der Waals surface area contributed by atoms with Gasteiger partial charge < -0.3 is 4.90 Å². The summed E-state index contributed by atoms with van der Waals surface area (Å²) in [6, 6.07) is 0. The van der Waals surface area contributed by atoms with E-state index in [-0.39, 0.29) is 0 Å². The lowest BCUT2D eigenvalue weighted by Gasteiger charge is -2.45. The van der Waals surface area contributed by atoms with Crippen LogP contribution in [-0.2, 0) is 4.79 Å². The summed E-state index contributed by atoms with van der Waals surface area (Å²) in [7, 11) is 0. The number of likely N-dealkylation sites (tertiary alicyclic amines) is 1. The molecule has 0 aromatic rings. The molecule has 92 valence electrons. The molecule has 3 heteroatoms. The number of rotatable bonds is 4. The van der Waals surface area contributed by atoms with E-state index in [1.807, 2.05) is 0 Å². The van der Waals surface area contributed by atoms with Crippen molar-refractivity contribution in [2.75, 3.05) is 13.1 Å². The number of carbonyl (C=O) groups is 1. The Labute approximate surface area is 107 Å². The maximum absolute atomic E-state index is 11.8. The summed E-state index contributed by atoms with van der Waals surface area (Å²) in [6.07, 6.45) is 5.97. The Morgan fingerprint density at radius 3 is 2.56 bits per heavy atom. The highest BCUT2D eigenvalue weighted by Crippen LogP contribution is 2.47. The fourth-order valence-electron chi connectivity index (χ4n) is 3.25. The zero-order valence-corrected chi connectivity index (χ0v) is 11.9. The molecule has 1 atom stereocenters. The van der Waals surface area contributed by atoms with Crippen molar-refractivity contribution in [2.24, 2.45) is 11.3 Å². The van der Waals surface area contributed by atoms with Gasteiger partial charge in [-0.05, 0) is 30.6 Å². The molecule has 0 bridgehead atoms. The Hall–Kier alpha value is -0.0500. The second kappa shape index (κ2) is 4.67. The molecule has 1 aliphatic heterocycles. The van der Waals surface area contributed by atoms with Crippen LogP contribution in [0.4, 0.5) is 0 Å². The Balaban J connectivity index is 1.94. The Morgan fingerprint density at radius 1 is 1.50 bits per heavy atom. The predicted octanol–water partition coefficient (Wildman–Crippen LogP) is 3.20. The van der Waals surface area contributed by atoms with Crippen LogP contribution in [0.3, 0.4) is 0 Å². The van der Waals surface area contributed by atoms with Crippen molar-refractivity contribution in [3.63, 3.8) is 0 Å². The van der Waals surface area contributed by atoms with E-state index in [0.29, 0.717) is 22.6 Å². The highest BCUT2D eigenvalue weighted by Gasteiger charge is 2.41. The molecule has 0 aromatic carbocycles. The first-order valence-electron chi connectivity index (χ1n) is 6.43. The molecule has 1 heterocycles. The molecule has 16 heavy (non-hydrogen) atoms. The SMILES string of the molecule is CC(C)CC1(CN2CC(Br)CC2=O)CCC1. The van der Waals surface area contributed by atoms with Crippen LogP contribution in [0.15, 0.2) is 0 Å². The van der Waals surface area contributed by atoms with E-state index in [4.69, 9.17) is 0 Å². The molecule has 0 radical (unpaired) electrons. The van der Waals surface area contributed by atoms with Gasteiger partial charge in [-0.3, -0.25) is 4.79 Å². The number of nitrogens with zero attached hydrogens (tertiary/aromatic N) is 1. The second-order valence-corrected chi connectivity index (χ2v) is 7.32. The van der Waals surface area contributed by atoms with Crippen molar-refractivity contribution in [3.8, 4) is 0 Å². The zero-order chi connectivity index (χ0) is 11.8. The van der Waals surface area contributed by atoms with Crippen molar-refractivity contribution < 1.29 is 4.79 Å². The first kappa shape index (κ1) is 12.4. The minimum absolute atomic E-state index is 0.344. The number of carbonyl (C=O) groups excluding carboxylic acids is 1. The summed E-state index contributed by atoms with van der Waals surface area (Å²) >= 11 is 3.55. The highest BCUT2D eigenvalue weighted by molar-refractivity contribution is 9.09. The number of hydrogen-bond donors (Lipinski definition) is 0. The second-order valence-electron chi connectivity index (χ2n) is 6.03. The fraction of sp³-hybridized carbons (Fsp3) is 0.923.